The first kappa shape index (κ1) is 18.2. The van der Waals surface area contributed by atoms with Crippen molar-refractivity contribution in [3.8, 4) is 5.75 Å². The molecule has 2 unspecified atom stereocenters. The highest BCUT2D eigenvalue weighted by Gasteiger charge is 2.42. The summed E-state index contributed by atoms with van der Waals surface area (Å²) in [4.78, 5) is 8.39. The first-order valence-corrected chi connectivity index (χ1v) is 9.26. The third kappa shape index (κ3) is 3.38. The lowest BCUT2D eigenvalue weighted by molar-refractivity contribution is -0.0644. The molecule has 0 spiro atoms. The Morgan fingerprint density at radius 3 is 2.89 bits per heavy atom. The molecule has 1 aromatic carbocycles. The molecule has 3 aromatic rings. The SMILES string of the molecule is Cc1cc(Cl)nc2cc3c(cc12)OC(C)(C)C(O)C3NCCn1cncn1. The first-order valence-electron chi connectivity index (χ1n) is 8.89. The predicted molar refractivity (Wildman–Crippen MR) is 103 cm³/mol. The molecule has 0 saturated carbocycles. The summed E-state index contributed by atoms with van der Waals surface area (Å²) in [6.45, 7) is 7.06. The molecule has 8 heteroatoms. The van der Waals surface area contributed by atoms with Gasteiger partial charge in [0, 0.05) is 17.5 Å². The van der Waals surface area contributed by atoms with Gasteiger partial charge >= 0.3 is 0 Å². The second-order valence-corrected chi connectivity index (χ2v) is 7.80. The fourth-order valence-corrected chi connectivity index (χ4v) is 3.80. The van der Waals surface area contributed by atoms with Crippen molar-refractivity contribution >= 4 is 22.5 Å². The van der Waals surface area contributed by atoms with E-state index in [9.17, 15) is 5.11 Å². The van der Waals surface area contributed by atoms with Crippen LogP contribution in [0.15, 0.2) is 30.9 Å². The number of fused-ring (bicyclic) bond motifs is 2. The van der Waals surface area contributed by atoms with Crippen molar-refractivity contribution in [3.05, 3.63) is 47.1 Å². The van der Waals surface area contributed by atoms with E-state index in [4.69, 9.17) is 16.3 Å². The van der Waals surface area contributed by atoms with Gasteiger partial charge in [-0.2, -0.15) is 5.10 Å². The highest BCUT2D eigenvalue weighted by Crippen LogP contribution is 2.42. The van der Waals surface area contributed by atoms with Gasteiger partial charge in [0.25, 0.3) is 0 Å². The number of halogens is 1. The number of benzene rings is 1. The van der Waals surface area contributed by atoms with E-state index in [1.54, 1.807) is 11.0 Å². The number of nitrogens with one attached hydrogen (secondary N) is 1. The fourth-order valence-electron chi connectivity index (χ4n) is 3.55. The van der Waals surface area contributed by atoms with Crippen LogP contribution in [0.2, 0.25) is 5.15 Å². The maximum absolute atomic E-state index is 10.9. The summed E-state index contributed by atoms with van der Waals surface area (Å²) in [6, 6.07) is 5.49. The van der Waals surface area contributed by atoms with Crippen LogP contribution in [0.1, 0.15) is 31.0 Å². The van der Waals surface area contributed by atoms with Gasteiger partial charge in [-0.15, -0.1) is 0 Å². The van der Waals surface area contributed by atoms with Crippen molar-refractivity contribution in [1.29, 1.82) is 0 Å². The Morgan fingerprint density at radius 2 is 2.15 bits per heavy atom. The summed E-state index contributed by atoms with van der Waals surface area (Å²) in [5.74, 6) is 0.753. The van der Waals surface area contributed by atoms with Crippen LogP contribution < -0.4 is 10.1 Å². The van der Waals surface area contributed by atoms with Gasteiger partial charge in [0.05, 0.1) is 18.1 Å². The van der Waals surface area contributed by atoms with E-state index in [-0.39, 0.29) is 6.04 Å². The third-order valence-corrected chi connectivity index (χ3v) is 5.22. The molecule has 2 aromatic heterocycles. The molecule has 2 N–H and O–H groups in total. The van der Waals surface area contributed by atoms with E-state index in [2.05, 4.69) is 20.4 Å². The minimum Gasteiger partial charge on any atom is -0.485 e. The van der Waals surface area contributed by atoms with Gasteiger partial charge in [-0.3, -0.25) is 4.68 Å². The molecule has 1 aliphatic rings. The number of rotatable bonds is 4. The minimum atomic E-state index is -0.724. The summed E-state index contributed by atoms with van der Waals surface area (Å²) < 4.78 is 7.87. The Morgan fingerprint density at radius 1 is 1.33 bits per heavy atom. The van der Waals surface area contributed by atoms with Crippen LogP contribution >= 0.6 is 11.6 Å². The number of hydrogen-bond acceptors (Lipinski definition) is 6. The normalized spacial score (nSPS) is 21.1. The van der Waals surface area contributed by atoms with E-state index in [1.165, 1.54) is 6.33 Å². The van der Waals surface area contributed by atoms with Gasteiger partial charge in [0.15, 0.2) is 0 Å². The lowest BCUT2D eigenvalue weighted by atomic mass is 9.85. The number of pyridine rings is 1. The fraction of sp³-hybridized carbons (Fsp3) is 0.421. The number of ether oxygens (including phenoxy) is 1. The maximum Gasteiger partial charge on any atom is 0.137 e. The van der Waals surface area contributed by atoms with Crippen LogP contribution in [-0.4, -0.2) is 43.1 Å². The van der Waals surface area contributed by atoms with Gasteiger partial charge in [0.1, 0.15) is 35.3 Å². The number of nitrogens with zero attached hydrogens (tertiary/aromatic N) is 4. The van der Waals surface area contributed by atoms with Crippen LogP contribution in [0.3, 0.4) is 0 Å². The molecule has 0 fully saturated rings. The summed E-state index contributed by atoms with van der Waals surface area (Å²) in [5, 5.41) is 19.9. The monoisotopic (exact) mass is 387 g/mol. The molecule has 3 heterocycles. The smallest absolute Gasteiger partial charge is 0.137 e. The lowest BCUT2D eigenvalue weighted by Gasteiger charge is -2.42. The maximum atomic E-state index is 10.9. The highest BCUT2D eigenvalue weighted by molar-refractivity contribution is 6.29. The van der Waals surface area contributed by atoms with Crippen molar-refractivity contribution in [2.75, 3.05) is 6.54 Å². The molecule has 0 amide bonds. The summed E-state index contributed by atoms with van der Waals surface area (Å²) >= 11 is 6.14. The summed E-state index contributed by atoms with van der Waals surface area (Å²) in [7, 11) is 0. The Kier molecular flexibility index (Phi) is 4.53. The third-order valence-electron chi connectivity index (χ3n) is 5.02. The standard InChI is InChI=1S/C19H22ClN5O2/c1-11-6-16(20)24-14-7-13-15(8-12(11)14)27-19(2,3)18(26)17(13)22-4-5-25-10-21-9-23-25/h6-10,17-18,22,26H,4-5H2,1-3H3. The van der Waals surface area contributed by atoms with Crippen LogP contribution in [0.25, 0.3) is 10.9 Å². The van der Waals surface area contributed by atoms with E-state index in [0.29, 0.717) is 18.2 Å². The molecule has 2 atom stereocenters. The zero-order valence-corrected chi connectivity index (χ0v) is 16.2. The quantitative estimate of drug-likeness (QED) is 0.669. The van der Waals surface area contributed by atoms with Crippen LogP contribution in [0.4, 0.5) is 0 Å². The summed E-state index contributed by atoms with van der Waals surface area (Å²) in [5.41, 5.74) is 1.98. The number of hydrogen-bond donors (Lipinski definition) is 2. The number of aromatic nitrogens is 4. The van der Waals surface area contributed by atoms with Crippen molar-refractivity contribution in [1.82, 2.24) is 25.1 Å². The van der Waals surface area contributed by atoms with Gasteiger partial charge in [-0.25, -0.2) is 9.97 Å². The molecule has 0 saturated heterocycles. The number of aliphatic hydroxyl groups is 1. The van der Waals surface area contributed by atoms with E-state index in [0.717, 1.165) is 27.8 Å². The Balaban J connectivity index is 1.71. The zero-order valence-electron chi connectivity index (χ0n) is 15.5. The number of aryl methyl sites for hydroxylation is 1. The molecule has 27 heavy (non-hydrogen) atoms. The van der Waals surface area contributed by atoms with Gasteiger partial charge in [-0.1, -0.05) is 11.6 Å². The molecule has 0 aliphatic carbocycles. The Labute approximate surface area is 162 Å². The first-order chi connectivity index (χ1) is 12.8. The average molecular weight is 388 g/mol. The molecule has 0 bridgehead atoms. The molecule has 7 nitrogen and oxygen atoms in total. The largest absolute Gasteiger partial charge is 0.485 e. The molecule has 1 aliphatic heterocycles. The van der Waals surface area contributed by atoms with E-state index >= 15 is 0 Å². The van der Waals surface area contributed by atoms with Gasteiger partial charge in [-0.05, 0) is 44.5 Å². The molecular formula is C19H22ClN5O2. The molecular weight excluding hydrogens is 366 g/mol. The second kappa shape index (κ2) is 6.74. The lowest BCUT2D eigenvalue weighted by Crippen LogP contribution is -2.52. The predicted octanol–water partition coefficient (Wildman–Crippen LogP) is 2.65. The number of aliphatic hydroxyl groups excluding tert-OH is 1. The Bertz CT molecular complexity index is 974. The van der Waals surface area contributed by atoms with E-state index in [1.807, 2.05) is 39.0 Å². The molecule has 0 radical (unpaired) electrons. The van der Waals surface area contributed by atoms with Crippen molar-refractivity contribution in [3.63, 3.8) is 0 Å². The second-order valence-electron chi connectivity index (χ2n) is 7.41. The van der Waals surface area contributed by atoms with Crippen LogP contribution in [-0.2, 0) is 6.54 Å². The van der Waals surface area contributed by atoms with Crippen LogP contribution in [0, 0.1) is 6.92 Å². The van der Waals surface area contributed by atoms with Gasteiger partial charge in [0.2, 0.25) is 0 Å². The minimum absolute atomic E-state index is 0.294. The van der Waals surface area contributed by atoms with Crippen molar-refractivity contribution < 1.29 is 9.84 Å². The highest BCUT2D eigenvalue weighted by atomic mass is 35.5. The van der Waals surface area contributed by atoms with Crippen molar-refractivity contribution in [2.45, 2.75) is 45.1 Å². The van der Waals surface area contributed by atoms with E-state index < -0.39 is 11.7 Å². The Hall–Kier alpha value is -2.22. The average Bonchev–Trinajstić information content (AvgIpc) is 3.11. The topological polar surface area (TPSA) is 85.1 Å². The molecule has 142 valence electrons. The summed E-state index contributed by atoms with van der Waals surface area (Å²) in [6.07, 6.45) is 2.45. The van der Waals surface area contributed by atoms with Crippen LogP contribution in [0.5, 0.6) is 5.75 Å². The van der Waals surface area contributed by atoms with Crippen molar-refractivity contribution in [2.24, 2.45) is 0 Å². The van der Waals surface area contributed by atoms with Gasteiger partial charge < -0.3 is 15.2 Å². The molecule has 4 rings (SSSR count). The zero-order chi connectivity index (χ0) is 19.2.